The largest absolute Gasteiger partial charge is 0.272 e. The van der Waals surface area contributed by atoms with Crippen molar-refractivity contribution >= 4 is 44.6 Å². The van der Waals surface area contributed by atoms with Crippen LogP contribution in [0.1, 0.15) is 15.3 Å². The Hall–Kier alpha value is -0.910. The fourth-order valence-electron chi connectivity index (χ4n) is 1.68. The van der Waals surface area contributed by atoms with Gasteiger partial charge in [0.1, 0.15) is 0 Å². The predicted molar refractivity (Wildman–Crippen MR) is 77.8 cm³/mol. The molecule has 2 aromatic rings. The fraction of sp³-hybridized carbons (Fsp3) is 0.167. The van der Waals surface area contributed by atoms with Gasteiger partial charge in [0.05, 0.1) is 14.8 Å². The van der Waals surface area contributed by atoms with Gasteiger partial charge >= 0.3 is 0 Å². The van der Waals surface area contributed by atoms with Crippen molar-refractivity contribution in [2.45, 2.75) is 11.2 Å². The van der Waals surface area contributed by atoms with Crippen LogP contribution >= 0.6 is 38.9 Å². The normalized spacial score (nSPS) is 12.3. The van der Waals surface area contributed by atoms with Gasteiger partial charge in [-0.2, -0.15) is 0 Å². The minimum atomic E-state index is -0.356. The number of hydrogen-bond acceptors (Lipinski definition) is 3. The molecule has 0 fully saturated rings. The fourth-order valence-corrected chi connectivity index (χ4v) is 3.89. The molecule has 0 spiro atoms. The first kappa shape index (κ1) is 13.5. The van der Waals surface area contributed by atoms with Crippen molar-refractivity contribution in [2.75, 3.05) is 0 Å². The molecule has 1 aromatic heterocycles. The molecule has 1 heterocycles. The zero-order valence-electron chi connectivity index (χ0n) is 9.18. The van der Waals surface area contributed by atoms with E-state index in [2.05, 4.69) is 15.9 Å². The number of hydrogen-bond donors (Lipinski definition) is 0. The molecule has 0 saturated carbocycles. The molecule has 1 atom stereocenters. The molecule has 0 aliphatic heterocycles. The lowest BCUT2D eigenvalue weighted by Gasteiger charge is -2.09. The van der Waals surface area contributed by atoms with Crippen LogP contribution in [-0.4, -0.2) is 4.92 Å². The van der Waals surface area contributed by atoms with Crippen molar-refractivity contribution in [2.24, 2.45) is 0 Å². The number of halogens is 2. The maximum Gasteiger partial charge on any atom is 0.272 e. The van der Waals surface area contributed by atoms with Crippen LogP contribution in [0.4, 0.5) is 5.69 Å². The zero-order valence-corrected chi connectivity index (χ0v) is 12.3. The van der Waals surface area contributed by atoms with Crippen molar-refractivity contribution in [3.8, 4) is 0 Å². The summed E-state index contributed by atoms with van der Waals surface area (Å²) in [5, 5.41) is 13.5. The SMILES string of the molecule is O=[N+]([O-])c1ccccc1CC(Br)c1sccc1Cl. The van der Waals surface area contributed by atoms with E-state index in [9.17, 15) is 10.1 Å². The molecular formula is C12H9BrClNO2S. The highest BCUT2D eigenvalue weighted by Gasteiger charge is 2.19. The van der Waals surface area contributed by atoms with Gasteiger partial charge in [-0.05, 0) is 17.9 Å². The summed E-state index contributed by atoms with van der Waals surface area (Å²) in [5.74, 6) is 0. The second-order valence-corrected chi connectivity index (χ2v) is 6.15. The van der Waals surface area contributed by atoms with Gasteiger partial charge in [-0.1, -0.05) is 45.7 Å². The second-order valence-electron chi connectivity index (χ2n) is 3.69. The number of nitro groups is 1. The van der Waals surface area contributed by atoms with E-state index >= 15 is 0 Å². The lowest BCUT2D eigenvalue weighted by molar-refractivity contribution is -0.385. The molecule has 1 unspecified atom stereocenters. The summed E-state index contributed by atoms with van der Waals surface area (Å²) in [4.78, 5) is 11.6. The average Bonchev–Trinajstić information content (AvgIpc) is 2.76. The van der Waals surface area contributed by atoms with E-state index in [1.807, 2.05) is 11.4 Å². The number of alkyl halides is 1. The van der Waals surface area contributed by atoms with Gasteiger partial charge in [-0.25, -0.2) is 0 Å². The molecule has 0 saturated heterocycles. The molecule has 0 radical (unpaired) electrons. The summed E-state index contributed by atoms with van der Waals surface area (Å²) >= 11 is 11.1. The van der Waals surface area contributed by atoms with Gasteiger partial charge in [-0.3, -0.25) is 10.1 Å². The predicted octanol–water partition coefficient (Wildman–Crippen LogP) is 4.99. The highest BCUT2D eigenvalue weighted by atomic mass is 79.9. The van der Waals surface area contributed by atoms with E-state index < -0.39 is 0 Å². The molecule has 0 aliphatic carbocycles. The molecule has 0 bridgehead atoms. The van der Waals surface area contributed by atoms with Crippen LogP contribution < -0.4 is 0 Å². The molecular weight excluding hydrogens is 338 g/mol. The third-order valence-corrected chi connectivity index (χ3v) is 5.07. The molecule has 18 heavy (non-hydrogen) atoms. The summed E-state index contributed by atoms with van der Waals surface area (Å²) in [7, 11) is 0. The van der Waals surface area contributed by atoms with Crippen LogP contribution in [0, 0.1) is 10.1 Å². The van der Waals surface area contributed by atoms with Gasteiger partial charge in [-0.15, -0.1) is 11.3 Å². The van der Waals surface area contributed by atoms with Gasteiger partial charge < -0.3 is 0 Å². The van der Waals surface area contributed by atoms with Crippen LogP contribution in [0.5, 0.6) is 0 Å². The Labute approximate surface area is 122 Å². The molecule has 2 rings (SSSR count). The molecule has 94 valence electrons. The summed E-state index contributed by atoms with van der Waals surface area (Å²) < 4.78 is 0. The maximum absolute atomic E-state index is 10.9. The van der Waals surface area contributed by atoms with Crippen molar-refractivity contribution in [3.05, 3.63) is 61.3 Å². The first-order chi connectivity index (χ1) is 8.59. The van der Waals surface area contributed by atoms with Crippen LogP contribution in [-0.2, 0) is 6.42 Å². The first-order valence-electron chi connectivity index (χ1n) is 5.19. The van der Waals surface area contributed by atoms with Crippen LogP contribution in [0.2, 0.25) is 5.02 Å². The Bertz CT molecular complexity index is 573. The molecule has 0 aliphatic rings. The molecule has 6 heteroatoms. The molecule has 1 aromatic carbocycles. The monoisotopic (exact) mass is 345 g/mol. The summed E-state index contributed by atoms with van der Waals surface area (Å²) in [6.07, 6.45) is 0.539. The van der Waals surface area contributed by atoms with E-state index in [0.29, 0.717) is 17.0 Å². The molecule has 0 amide bonds. The second kappa shape index (κ2) is 5.82. The smallest absolute Gasteiger partial charge is 0.258 e. The van der Waals surface area contributed by atoms with E-state index in [1.54, 1.807) is 29.5 Å². The lowest BCUT2D eigenvalue weighted by Crippen LogP contribution is -1.99. The Balaban J connectivity index is 2.25. The summed E-state index contributed by atoms with van der Waals surface area (Å²) in [6, 6.07) is 8.59. The third kappa shape index (κ3) is 2.91. The summed E-state index contributed by atoms with van der Waals surface area (Å²) in [5.41, 5.74) is 0.850. The van der Waals surface area contributed by atoms with Crippen LogP contribution in [0.3, 0.4) is 0 Å². The number of benzene rings is 1. The van der Waals surface area contributed by atoms with Crippen molar-refractivity contribution in [1.82, 2.24) is 0 Å². The highest BCUT2D eigenvalue weighted by molar-refractivity contribution is 9.09. The Kier molecular flexibility index (Phi) is 4.37. The molecule has 0 N–H and O–H groups in total. The van der Waals surface area contributed by atoms with Gasteiger partial charge in [0, 0.05) is 16.5 Å². The van der Waals surface area contributed by atoms with Crippen molar-refractivity contribution in [1.29, 1.82) is 0 Å². The number of nitrogens with zero attached hydrogens (tertiary/aromatic N) is 1. The maximum atomic E-state index is 10.9. The van der Waals surface area contributed by atoms with Gasteiger partial charge in [0.15, 0.2) is 0 Å². The van der Waals surface area contributed by atoms with Crippen molar-refractivity contribution in [3.63, 3.8) is 0 Å². The first-order valence-corrected chi connectivity index (χ1v) is 7.36. The minimum absolute atomic E-state index is 0.00824. The van der Waals surface area contributed by atoms with Crippen LogP contribution in [0.15, 0.2) is 35.7 Å². The highest BCUT2D eigenvalue weighted by Crippen LogP contribution is 2.37. The van der Waals surface area contributed by atoms with Gasteiger partial charge in [0.2, 0.25) is 0 Å². The van der Waals surface area contributed by atoms with E-state index in [1.165, 1.54) is 6.07 Å². The lowest BCUT2D eigenvalue weighted by atomic mass is 10.1. The van der Waals surface area contributed by atoms with E-state index in [-0.39, 0.29) is 15.4 Å². The average molecular weight is 347 g/mol. The summed E-state index contributed by atoms with van der Waals surface area (Å²) in [6.45, 7) is 0. The Morgan fingerprint density at radius 2 is 2.11 bits per heavy atom. The zero-order chi connectivity index (χ0) is 13.1. The molecule has 3 nitrogen and oxygen atoms in total. The number of rotatable bonds is 4. The van der Waals surface area contributed by atoms with Gasteiger partial charge in [0.25, 0.3) is 5.69 Å². The third-order valence-electron chi connectivity index (χ3n) is 2.52. The minimum Gasteiger partial charge on any atom is -0.258 e. The Morgan fingerprint density at radius 3 is 2.72 bits per heavy atom. The standard InChI is InChI=1S/C12H9BrClNO2S/c13-9(12-10(14)5-6-18-12)7-8-3-1-2-4-11(8)15(16)17/h1-6,9H,7H2. The van der Waals surface area contributed by atoms with E-state index in [0.717, 1.165) is 4.88 Å². The quantitative estimate of drug-likeness (QED) is 0.445. The van der Waals surface area contributed by atoms with Crippen molar-refractivity contribution < 1.29 is 4.92 Å². The number of thiophene rings is 1. The number of para-hydroxylation sites is 1. The van der Waals surface area contributed by atoms with Crippen LogP contribution in [0.25, 0.3) is 0 Å². The van der Waals surface area contributed by atoms with E-state index in [4.69, 9.17) is 11.6 Å². The number of nitro benzene ring substituents is 1. The topological polar surface area (TPSA) is 43.1 Å². The Morgan fingerprint density at radius 1 is 1.39 bits per heavy atom.